The summed E-state index contributed by atoms with van der Waals surface area (Å²) in [4.78, 5) is 16.6. The fourth-order valence-electron chi connectivity index (χ4n) is 2.69. The Balaban J connectivity index is 2.00. The van der Waals surface area contributed by atoms with Crippen LogP contribution in [0.15, 0.2) is 18.3 Å². The van der Waals surface area contributed by atoms with Crippen LogP contribution in [0.3, 0.4) is 0 Å². The standard InChI is InChI=1S/C15H23N3O2/c1-11(2)15(5-7-16-10-15)14(19)18-9-12-4-6-17-13(8-12)20-3/h4,6,8,11,16H,5,7,9-10H2,1-3H3,(H,18,19). The van der Waals surface area contributed by atoms with Gasteiger partial charge in [-0.3, -0.25) is 4.79 Å². The Morgan fingerprint density at radius 1 is 1.60 bits per heavy atom. The molecule has 1 aromatic rings. The minimum absolute atomic E-state index is 0.133. The molecule has 110 valence electrons. The number of nitrogens with zero attached hydrogens (tertiary/aromatic N) is 1. The van der Waals surface area contributed by atoms with Crippen molar-refractivity contribution in [3.8, 4) is 5.88 Å². The molecule has 20 heavy (non-hydrogen) atoms. The number of carbonyl (C=O) groups excluding carboxylic acids is 1. The Hall–Kier alpha value is -1.62. The first-order chi connectivity index (χ1) is 9.58. The molecule has 0 saturated carbocycles. The van der Waals surface area contributed by atoms with E-state index in [1.54, 1.807) is 13.3 Å². The molecule has 0 radical (unpaired) electrons. The molecule has 1 unspecified atom stereocenters. The maximum absolute atomic E-state index is 12.5. The molecule has 0 aromatic carbocycles. The fraction of sp³-hybridized carbons (Fsp3) is 0.600. The number of methoxy groups -OCH3 is 1. The zero-order valence-electron chi connectivity index (χ0n) is 12.4. The van der Waals surface area contributed by atoms with Crippen molar-refractivity contribution in [1.82, 2.24) is 15.6 Å². The van der Waals surface area contributed by atoms with Gasteiger partial charge in [-0.1, -0.05) is 13.8 Å². The van der Waals surface area contributed by atoms with Gasteiger partial charge in [0.25, 0.3) is 0 Å². The van der Waals surface area contributed by atoms with Crippen molar-refractivity contribution in [3.05, 3.63) is 23.9 Å². The first kappa shape index (κ1) is 14.8. The highest BCUT2D eigenvalue weighted by Crippen LogP contribution is 2.34. The summed E-state index contributed by atoms with van der Waals surface area (Å²) >= 11 is 0. The van der Waals surface area contributed by atoms with Crippen LogP contribution in [0.2, 0.25) is 0 Å². The largest absolute Gasteiger partial charge is 0.481 e. The molecule has 5 nitrogen and oxygen atoms in total. The summed E-state index contributed by atoms with van der Waals surface area (Å²) in [5, 5.41) is 6.35. The van der Waals surface area contributed by atoms with Crippen LogP contribution in [0.1, 0.15) is 25.8 Å². The number of aromatic nitrogens is 1. The number of hydrogen-bond donors (Lipinski definition) is 2. The van der Waals surface area contributed by atoms with Crippen molar-refractivity contribution in [1.29, 1.82) is 0 Å². The summed E-state index contributed by atoms with van der Waals surface area (Å²) in [6.07, 6.45) is 2.59. The fourth-order valence-corrected chi connectivity index (χ4v) is 2.69. The number of nitrogens with one attached hydrogen (secondary N) is 2. The topological polar surface area (TPSA) is 63.2 Å². The predicted octanol–water partition coefficient (Wildman–Crippen LogP) is 1.34. The second kappa shape index (κ2) is 6.22. The van der Waals surface area contributed by atoms with Crippen LogP contribution in [-0.4, -0.2) is 31.1 Å². The third-order valence-electron chi connectivity index (χ3n) is 4.21. The lowest BCUT2D eigenvalue weighted by Crippen LogP contribution is -2.45. The van der Waals surface area contributed by atoms with E-state index in [-0.39, 0.29) is 11.3 Å². The predicted molar refractivity (Wildman–Crippen MR) is 77.4 cm³/mol. The second-order valence-corrected chi connectivity index (χ2v) is 5.63. The number of ether oxygens (including phenoxy) is 1. The highest BCUT2D eigenvalue weighted by Gasteiger charge is 2.43. The molecule has 0 aliphatic carbocycles. The number of pyridine rings is 1. The molecule has 2 N–H and O–H groups in total. The number of hydrogen-bond acceptors (Lipinski definition) is 4. The van der Waals surface area contributed by atoms with Crippen molar-refractivity contribution in [2.24, 2.45) is 11.3 Å². The van der Waals surface area contributed by atoms with E-state index >= 15 is 0 Å². The van der Waals surface area contributed by atoms with E-state index in [0.717, 1.165) is 25.1 Å². The van der Waals surface area contributed by atoms with Gasteiger partial charge in [0.1, 0.15) is 0 Å². The average Bonchev–Trinajstić information content (AvgIpc) is 2.96. The van der Waals surface area contributed by atoms with Gasteiger partial charge in [0.2, 0.25) is 11.8 Å². The van der Waals surface area contributed by atoms with E-state index in [4.69, 9.17) is 4.74 Å². The zero-order valence-corrected chi connectivity index (χ0v) is 12.4. The quantitative estimate of drug-likeness (QED) is 0.852. The molecule has 1 aliphatic heterocycles. The Morgan fingerprint density at radius 2 is 2.40 bits per heavy atom. The van der Waals surface area contributed by atoms with E-state index in [0.29, 0.717) is 18.3 Å². The average molecular weight is 277 g/mol. The van der Waals surface area contributed by atoms with E-state index in [9.17, 15) is 4.79 Å². The molecular weight excluding hydrogens is 254 g/mol. The van der Waals surface area contributed by atoms with Gasteiger partial charge >= 0.3 is 0 Å². The van der Waals surface area contributed by atoms with E-state index in [1.807, 2.05) is 12.1 Å². The summed E-state index contributed by atoms with van der Waals surface area (Å²) in [5.41, 5.74) is 0.715. The molecule has 2 heterocycles. The highest BCUT2D eigenvalue weighted by atomic mass is 16.5. The van der Waals surface area contributed by atoms with Crippen LogP contribution in [0.25, 0.3) is 0 Å². The van der Waals surface area contributed by atoms with Gasteiger partial charge in [0.15, 0.2) is 0 Å². The van der Waals surface area contributed by atoms with Crippen LogP contribution >= 0.6 is 0 Å². The van der Waals surface area contributed by atoms with Crippen molar-refractivity contribution in [2.75, 3.05) is 20.2 Å². The summed E-state index contributed by atoms with van der Waals surface area (Å²) < 4.78 is 5.09. The van der Waals surface area contributed by atoms with Crippen LogP contribution in [-0.2, 0) is 11.3 Å². The normalized spacial score (nSPS) is 22.0. The number of amides is 1. The third kappa shape index (κ3) is 2.93. The zero-order chi connectivity index (χ0) is 14.6. The lowest BCUT2D eigenvalue weighted by atomic mass is 9.75. The lowest BCUT2D eigenvalue weighted by Gasteiger charge is -2.31. The smallest absolute Gasteiger partial charge is 0.228 e. The molecule has 1 amide bonds. The molecule has 1 fully saturated rings. The molecule has 5 heteroatoms. The van der Waals surface area contributed by atoms with Gasteiger partial charge in [-0.15, -0.1) is 0 Å². The highest BCUT2D eigenvalue weighted by molar-refractivity contribution is 5.83. The van der Waals surface area contributed by atoms with Crippen LogP contribution in [0, 0.1) is 11.3 Å². The maximum Gasteiger partial charge on any atom is 0.228 e. The molecular formula is C15H23N3O2. The Labute approximate surface area is 120 Å². The Bertz CT molecular complexity index is 468. The van der Waals surface area contributed by atoms with E-state index in [2.05, 4.69) is 29.5 Å². The van der Waals surface area contributed by atoms with Crippen LogP contribution in [0.5, 0.6) is 5.88 Å². The molecule has 0 spiro atoms. The summed E-state index contributed by atoms with van der Waals surface area (Å²) in [7, 11) is 1.59. The first-order valence-corrected chi connectivity index (χ1v) is 7.06. The summed E-state index contributed by atoms with van der Waals surface area (Å²) in [6, 6.07) is 3.73. The monoisotopic (exact) mass is 277 g/mol. The summed E-state index contributed by atoms with van der Waals surface area (Å²) in [5.74, 6) is 1.02. The molecule has 2 rings (SSSR count). The third-order valence-corrected chi connectivity index (χ3v) is 4.21. The Morgan fingerprint density at radius 3 is 3.00 bits per heavy atom. The molecule has 0 bridgehead atoms. The minimum atomic E-state index is -0.281. The van der Waals surface area contributed by atoms with Crippen molar-refractivity contribution in [3.63, 3.8) is 0 Å². The summed E-state index contributed by atoms with van der Waals surface area (Å²) in [6.45, 7) is 6.40. The van der Waals surface area contributed by atoms with Gasteiger partial charge < -0.3 is 15.4 Å². The van der Waals surface area contributed by atoms with Crippen LogP contribution in [0.4, 0.5) is 0 Å². The molecule has 1 aliphatic rings. The minimum Gasteiger partial charge on any atom is -0.481 e. The number of rotatable bonds is 5. The van der Waals surface area contributed by atoms with Crippen LogP contribution < -0.4 is 15.4 Å². The molecule has 1 aromatic heterocycles. The van der Waals surface area contributed by atoms with Crippen molar-refractivity contribution >= 4 is 5.91 Å². The maximum atomic E-state index is 12.5. The van der Waals surface area contributed by atoms with Gasteiger partial charge in [0, 0.05) is 25.4 Å². The van der Waals surface area contributed by atoms with Gasteiger partial charge in [-0.05, 0) is 30.5 Å². The SMILES string of the molecule is COc1cc(CNC(=O)C2(C(C)C)CCNC2)ccn1. The molecule has 1 saturated heterocycles. The van der Waals surface area contributed by atoms with E-state index < -0.39 is 0 Å². The van der Waals surface area contributed by atoms with Gasteiger partial charge in [-0.2, -0.15) is 0 Å². The van der Waals surface area contributed by atoms with Crippen molar-refractivity contribution < 1.29 is 9.53 Å². The molecule has 1 atom stereocenters. The van der Waals surface area contributed by atoms with Gasteiger partial charge in [0.05, 0.1) is 12.5 Å². The first-order valence-electron chi connectivity index (χ1n) is 7.06. The lowest BCUT2D eigenvalue weighted by molar-refractivity contribution is -0.132. The number of carbonyl (C=O) groups is 1. The Kier molecular flexibility index (Phi) is 4.60. The van der Waals surface area contributed by atoms with Crippen molar-refractivity contribution in [2.45, 2.75) is 26.8 Å². The van der Waals surface area contributed by atoms with Gasteiger partial charge in [-0.25, -0.2) is 4.98 Å². The van der Waals surface area contributed by atoms with E-state index in [1.165, 1.54) is 0 Å². The second-order valence-electron chi connectivity index (χ2n) is 5.63.